The van der Waals surface area contributed by atoms with Gasteiger partial charge in [-0.05, 0) is 23.3 Å². The molecule has 3 aromatic rings. The highest BCUT2D eigenvalue weighted by Crippen LogP contribution is 2.68. The molecule has 8 heteroatoms. The largest absolute Gasteiger partial charge is 0.506 e. The quantitative estimate of drug-likeness (QED) is 0.494. The van der Waals surface area contributed by atoms with Crippen molar-refractivity contribution in [3.8, 4) is 17.6 Å². The third kappa shape index (κ3) is 2.37. The second-order valence-corrected chi connectivity index (χ2v) is 8.03. The van der Waals surface area contributed by atoms with Gasteiger partial charge in [-0.3, -0.25) is 9.78 Å². The number of hydrogen-bond acceptors (Lipinski definition) is 7. The van der Waals surface area contributed by atoms with Crippen molar-refractivity contribution in [2.45, 2.75) is 23.2 Å². The lowest BCUT2D eigenvalue weighted by Gasteiger charge is -2.40. The molecule has 1 aromatic heterocycles. The van der Waals surface area contributed by atoms with Crippen LogP contribution in [-0.4, -0.2) is 37.5 Å². The Morgan fingerprint density at radius 1 is 1.12 bits per heavy atom. The van der Waals surface area contributed by atoms with Crippen LogP contribution in [0.15, 0.2) is 66.9 Å². The first-order valence-corrected chi connectivity index (χ1v) is 9.92. The van der Waals surface area contributed by atoms with Gasteiger partial charge in [0.05, 0.1) is 23.7 Å². The molecule has 1 aliphatic carbocycles. The van der Waals surface area contributed by atoms with Crippen molar-refractivity contribution in [1.29, 1.82) is 5.26 Å². The minimum Gasteiger partial charge on any atom is -0.506 e. The van der Waals surface area contributed by atoms with Crippen LogP contribution in [-0.2, 0) is 16.0 Å². The summed E-state index contributed by atoms with van der Waals surface area (Å²) < 4.78 is 6.30. The molecule has 0 saturated heterocycles. The van der Waals surface area contributed by atoms with Crippen LogP contribution in [0.3, 0.4) is 0 Å². The topological polar surface area (TPSA) is 144 Å². The van der Waals surface area contributed by atoms with Crippen LogP contribution in [0, 0.1) is 17.2 Å². The van der Waals surface area contributed by atoms with Crippen LogP contribution >= 0.6 is 0 Å². The van der Waals surface area contributed by atoms with Gasteiger partial charge in [-0.1, -0.05) is 42.5 Å². The van der Waals surface area contributed by atoms with Gasteiger partial charge in [-0.2, -0.15) is 5.26 Å². The monoisotopic (exact) mass is 430 g/mol. The zero-order valence-corrected chi connectivity index (χ0v) is 16.6. The first-order chi connectivity index (χ1) is 15.3. The van der Waals surface area contributed by atoms with Crippen LogP contribution in [0.25, 0.3) is 0 Å². The summed E-state index contributed by atoms with van der Waals surface area (Å²) in [5.74, 6) is -3.91. The van der Waals surface area contributed by atoms with E-state index in [9.17, 15) is 30.5 Å². The molecular weight excluding hydrogens is 412 g/mol. The molecule has 160 valence electrons. The number of fused-ring (bicyclic) bond motifs is 3. The van der Waals surface area contributed by atoms with Gasteiger partial charge in [0.2, 0.25) is 0 Å². The van der Waals surface area contributed by atoms with E-state index in [4.69, 9.17) is 4.74 Å². The predicted octanol–water partition coefficient (Wildman–Crippen LogP) is 1.99. The molecule has 2 aliphatic rings. The molecule has 0 unspecified atom stereocenters. The Balaban J connectivity index is 1.86. The van der Waals surface area contributed by atoms with Crippen LogP contribution in [0.2, 0.25) is 0 Å². The third-order valence-corrected chi connectivity index (χ3v) is 6.49. The van der Waals surface area contributed by atoms with E-state index < -0.39 is 35.1 Å². The standard InChI is InChI=1S/C24H18N2O6/c25-11-13-6-8-15(9-7-13)24-19(14-4-2-1-3-5-14)18(22(29)30)21(28)23(24,31)20-17(32-24)10-16(27)12-26-20/h1-10,12,18-19,21,27-28,31H,(H,29,30)/t18-,19-,21-,23+,24+/m1/s1. The van der Waals surface area contributed by atoms with Gasteiger partial charge in [0.15, 0.2) is 11.2 Å². The van der Waals surface area contributed by atoms with Crippen molar-refractivity contribution in [2.24, 2.45) is 5.92 Å². The van der Waals surface area contributed by atoms with E-state index in [0.29, 0.717) is 16.7 Å². The summed E-state index contributed by atoms with van der Waals surface area (Å²) in [7, 11) is 0. The van der Waals surface area contributed by atoms with E-state index in [2.05, 4.69) is 4.98 Å². The number of aliphatic carboxylic acids is 1. The number of aliphatic hydroxyl groups excluding tert-OH is 1. The number of carboxylic acid groups (broad SMARTS) is 1. The lowest BCUT2D eigenvalue weighted by Crippen LogP contribution is -2.52. The molecule has 1 saturated carbocycles. The van der Waals surface area contributed by atoms with Crippen LogP contribution in [0.4, 0.5) is 0 Å². The van der Waals surface area contributed by atoms with Gasteiger partial charge in [-0.15, -0.1) is 0 Å². The van der Waals surface area contributed by atoms with Crippen molar-refractivity contribution >= 4 is 5.97 Å². The Bertz CT molecular complexity index is 1260. The van der Waals surface area contributed by atoms with E-state index in [1.165, 1.54) is 18.2 Å². The van der Waals surface area contributed by atoms with E-state index in [-0.39, 0.29) is 17.2 Å². The molecule has 2 heterocycles. The maximum Gasteiger partial charge on any atom is 0.310 e. The minimum absolute atomic E-state index is 0.0423. The van der Waals surface area contributed by atoms with Crippen molar-refractivity contribution in [3.05, 3.63) is 89.2 Å². The molecule has 8 nitrogen and oxygen atoms in total. The summed E-state index contributed by atoms with van der Waals surface area (Å²) >= 11 is 0. The fraction of sp³-hybridized carbons (Fsp3) is 0.208. The number of carbonyl (C=O) groups is 1. The van der Waals surface area contributed by atoms with E-state index >= 15 is 0 Å². The van der Waals surface area contributed by atoms with Gasteiger partial charge in [0.1, 0.15) is 23.3 Å². The van der Waals surface area contributed by atoms with E-state index in [1.807, 2.05) is 6.07 Å². The number of aliphatic hydroxyl groups is 2. The highest BCUT2D eigenvalue weighted by molar-refractivity contribution is 5.76. The Morgan fingerprint density at radius 3 is 2.44 bits per heavy atom. The molecule has 0 spiro atoms. The zero-order valence-electron chi connectivity index (χ0n) is 16.6. The summed E-state index contributed by atoms with van der Waals surface area (Å²) in [6.45, 7) is 0. The Labute approximate surface area is 182 Å². The average Bonchev–Trinajstić information content (AvgIpc) is 3.17. The number of nitriles is 1. The van der Waals surface area contributed by atoms with Crippen molar-refractivity contribution in [3.63, 3.8) is 0 Å². The number of carboxylic acids is 1. The number of aromatic nitrogens is 1. The smallest absolute Gasteiger partial charge is 0.310 e. The number of hydrogen-bond donors (Lipinski definition) is 4. The number of aromatic hydroxyl groups is 1. The average molecular weight is 430 g/mol. The Hall–Kier alpha value is -3.93. The summed E-state index contributed by atoms with van der Waals surface area (Å²) in [5, 5.41) is 52.6. The highest BCUT2D eigenvalue weighted by atomic mass is 16.5. The molecule has 0 amide bonds. The van der Waals surface area contributed by atoms with Crippen molar-refractivity contribution in [1.82, 2.24) is 4.98 Å². The number of pyridine rings is 1. The van der Waals surface area contributed by atoms with E-state index in [0.717, 1.165) is 6.20 Å². The summed E-state index contributed by atoms with van der Waals surface area (Å²) in [6.07, 6.45) is -0.674. The first kappa shape index (κ1) is 20.0. The van der Waals surface area contributed by atoms with Gasteiger partial charge in [-0.25, -0.2) is 0 Å². The third-order valence-electron chi connectivity index (χ3n) is 6.49. The van der Waals surface area contributed by atoms with Crippen molar-refractivity contribution in [2.75, 3.05) is 0 Å². The predicted molar refractivity (Wildman–Crippen MR) is 110 cm³/mol. The van der Waals surface area contributed by atoms with E-state index in [1.54, 1.807) is 42.5 Å². The summed E-state index contributed by atoms with van der Waals surface area (Å²) in [4.78, 5) is 16.5. The first-order valence-electron chi connectivity index (χ1n) is 9.92. The Morgan fingerprint density at radius 2 is 1.81 bits per heavy atom. The molecule has 1 aliphatic heterocycles. The maximum atomic E-state index is 12.4. The summed E-state index contributed by atoms with van der Waals surface area (Å²) in [5.41, 5.74) is -2.81. The van der Waals surface area contributed by atoms with Crippen LogP contribution in [0.1, 0.15) is 28.3 Å². The fourth-order valence-electron chi connectivity index (χ4n) is 5.21. The number of ether oxygens (including phenoxy) is 1. The lowest BCUT2D eigenvalue weighted by molar-refractivity contribution is -0.160. The lowest BCUT2D eigenvalue weighted by atomic mass is 9.71. The molecule has 4 N–H and O–H groups in total. The van der Waals surface area contributed by atoms with Crippen molar-refractivity contribution < 1.29 is 30.0 Å². The van der Waals surface area contributed by atoms with Gasteiger partial charge in [0.25, 0.3) is 0 Å². The highest BCUT2D eigenvalue weighted by Gasteiger charge is 2.78. The summed E-state index contributed by atoms with van der Waals surface area (Å²) in [6, 6.07) is 18.2. The molecule has 1 fully saturated rings. The maximum absolute atomic E-state index is 12.4. The number of benzene rings is 2. The SMILES string of the molecule is N#Cc1ccc([C@@]23Oc4cc(O)cnc4[C@]2(O)[C@H](O)[C@H](C(=O)O)[C@H]3c2ccccc2)cc1. The van der Waals surface area contributed by atoms with Crippen LogP contribution in [0.5, 0.6) is 11.5 Å². The Kier molecular flexibility index (Phi) is 4.24. The molecular formula is C24H18N2O6. The molecule has 0 bridgehead atoms. The van der Waals surface area contributed by atoms with Gasteiger partial charge >= 0.3 is 5.97 Å². The molecule has 2 aromatic carbocycles. The zero-order chi connectivity index (χ0) is 22.7. The molecule has 5 rings (SSSR count). The number of rotatable bonds is 3. The molecule has 5 atom stereocenters. The fourth-order valence-corrected chi connectivity index (χ4v) is 5.21. The van der Waals surface area contributed by atoms with Gasteiger partial charge in [0, 0.05) is 12.0 Å². The minimum atomic E-state index is -2.24. The normalized spacial score (nSPS) is 30.1. The molecule has 0 radical (unpaired) electrons. The second kappa shape index (κ2) is 6.79. The number of nitrogens with zero attached hydrogens (tertiary/aromatic N) is 2. The van der Waals surface area contributed by atoms with Crippen LogP contribution < -0.4 is 4.74 Å². The second-order valence-electron chi connectivity index (χ2n) is 8.03. The molecule has 32 heavy (non-hydrogen) atoms. The van der Waals surface area contributed by atoms with Gasteiger partial charge < -0.3 is 25.2 Å².